The zero-order valence-electron chi connectivity index (χ0n) is 39.0. The van der Waals surface area contributed by atoms with Crippen LogP contribution in [0.1, 0.15) is 137 Å². The van der Waals surface area contributed by atoms with Crippen molar-refractivity contribution in [1.82, 2.24) is 0 Å². The van der Waals surface area contributed by atoms with Gasteiger partial charge in [-0.3, -0.25) is 9.59 Å². The predicted molar refractivity (Wildman–Crippen MR) is 237 cm³/mol. The maximum absolute atomic E-state index is 13.4. The largest absolute Gasteiger partial charge is 0.497 e. The van der Waals surface area contributed by atoms with Crippen LogP contribution >= 0.6 is 0 Å². The topological polar surface area (TPSA) is 124 Å². The van der Waals surface area contributed by atoms with Crippen LogP contribution in [0.5, 0.6) is 17.2 Å². The van der Waals surface area contributed by atoms with Crippen molar-refractivity contribution in [1.29, 1.82) is 0 Å². The lowest BCUT2D eigenvalue weighted by Gasteiger charge is -2.58. The van der Waals surface area contributed by atoms with E-state index in [9.17, 15) is 19.2 Å². The van der Waals surface area contributed by atoms with Gasteiger partial charge in [0.1, 0.15) is 23.4 Å². The molecule has 3 fully saturated rings. The van der Waals surface area contributed by atoms with Crippen molar-refractivity contribution in [3.63, 3.8) is 0 Å². The number of carbonyl (C=O) groups excluding carboxylic acids is 4. The minimum Gasteiger partial charge on any atom is -0.497 e. The minimum atomic E-state index is -1.08. The van der Waals surface area contributed by atoms with Crippen LogP contribution in [0.4, 0.5) is 0 Å². The summed E-state index contributed by atoms with van der Waals surface area (Å²) in [7, 11) is 1.56. The Labute approximate surface area is 370 Å². The summed E-state index contributed by atoms with van der Waals surface area (Å²) >= 11 is 0. The zero-order chi connectivity index (χ0) is 45.0. The summed E-state index contributed by atoms with van der Waals surface area (Å²) in [5.41, 5.74) is 1.28. The monoisotopic (exact) mass is 857 g/mol. The molecule has 0 N–H and O–H groups in total. The van der Waals surface area contributed by atoms with Gasteiger partial charge in [0.15, 0.2) is 6.61 Å². The lowest BCUT2D eigenvalue weighted by molar-refractivity contribution is -0.170. The standard InChI is InChI=1S/C52H72O10/c1-32(2)27-34(5)43-21-22-44-41-20-13-36-28-40(23-25-51(36,8)45(41)24-26-52(43,44)9)61-46(53)30-58-49(56)50(6,7)29-42(33(3)4)48(55)60-31-59-38-14-11-35(12-15-38)47(54)62-39-18-16-37(57-10)17-19-39/h11-19,32-34,40-45H,20-31H2,1-10H3. The number of methoxy groups -OCH3 is 1. The highest BCUT2D eigenvalue weighted by molar-refractivity contribution is 5.91. The number of hydrogen-bond donors (Lipinski definition) is 0. The van der Waals surface area contributed by atoms with Crippen molar-refractivity contribution in [2.24, 2.45) is 63.6 Å². The van der Waals surface area contributed by atoms with Gasteiger partial charge in [0.25, 0.3) is 0 Å². The van der Waals surface area contributed by atoms with Gasteiger partial charge in [0, 0.05) is 6.42 Å². The second-order valence-electron chi connectivity index (χ2n) is 20.8. The summed E-state index contributed by atoms with van der Waals surface area (Å²) in [5, 5.41) is 0. The summed E-state index contributed by atoms with van der Waals surface area (Å²) < 4.78 is 33.1. The number of hydrogen-bond acceptors (Lipinski definition) is 10. The Bertz CT molecular complexity index is 1910. The molecule has 10 heteroatoms. The van der Waals surface area contributed by atoms with Crippen LogP contribution in [-0.4, -0.2) is 50.5 Å². The molecule has 0 aromatic heterocycles. The third kappa shape index (κ3) is 10.5. The Morgan fingerprint density at radius 3 is 2.15 bits per heavy atom. The fraction of sp³-hybridized carbons (Fsp3) is 0.654. The molecule has 0 bridgehead atoms. The van der Waals surface area contributed by atoms with E-state index < -0.39 is 41.8 Å². The van der Waals surface area contributed by atoms with E-state index in [4.69, 9.17) is 28.4 Å². The first-order valence-corrected chi connectivity index (χ1v) is 23.2. The molecule has 340 valence electrons. The molecule has 0 heterocycles. The van der Waals surface area contributed by atoms with Crippen molar-refractivity contribution in [3.8, 4) is 17.2 Å². The Morgan fingerprint density at radius 2 is 1.48 bits per heavy atom. The average molecular weight is 857 g/mol. The zero-order valence-corrected chi connectivity index (χ0v) is 39.0. The molecule has 9 atom stereocenters. The van der Waals surface area contributed by atoms with Crippen LogP contribution < -0.4 is 14.2 Å². The highest BCUT2D eigenvalue weighted by Gasteiger charge is 2.59. The maximum atomic E-state index is 13.4. The van der Waals surface area contributed by atoms with Gasteiger partial charge in [0.2, 0.25) is 6.79 Å². The van der Waals surface area contributed by atoms with Crippen molar-refractivity contribution in [3.05, 3.63) is 65.7 Å². The lowest BCUT2D eigenvalue weighted by Crippen LogP contribution is -2.51. The molecule has 0 amide bonds. The SMILES string of the molecule is COc1ccc(OC(=O)c2ccc(OCOC(=O)C(CC(C)(C)C(=O)OCC(=O)OC3CCC4(C)C(=CCC5C4CCC4(C)C(C(C)CC(C)C)CCC54)C3)C(C)C)cc2)cc1. The summed E-state index contributed by atoms with van der Waals surface area (Å²) in [5.74, 6) is 3.03. The third-order valence-corrected chi connectivity index (χ3v) is 15.5. The minimum absolute atomic E-state index is 0.147. The lowest BCUT2D eigenvalue weighted by atomic mass is 9.47. The first kappa shape index (κ1) is 47.1. The first-order valence-electron chi connectivity index (χ1n) is 23.2. The van der Waals surface area contributed by atoms with Crippen LogP contribution in [0, 0.1) is 63.6 Å². The number of benzene rings is 2. The van der Waals surface area contributed by atoms with Crippen LogP contribution in [-0.2, 0) is 28.6 Å². The number of fused-ring (bicyclic) bond motifs is 5. The van der Waals surface area contributed by atoms with E-state index in [2.05, 4.69) is 40.7 Å². The summed E-state index contributed by atoms with van der Waals surface area (Å²) in [6.07, 6.45) is 12.8. The summed E-state index contributed by atoms with van der Waals surface area (Å²) in [4.78, 5) is 52.3. The molecule has 9 unspecified atom stereocenters. The Balaban J connectivity index is 0.936. The molecule has 6 rings (SSSR count). The van der Waals surface area contributed by atoms with E-state index in [1.807, 2.05) is 13.8 Å². The van der Waals surface area contributed by atoms with Crippen LogP contribution in [0.25, 0.3) is 0 Å². The second-order valence-corrected chi connectivity index (χ2v) is 20.8. The molecule has 0 radical (unpaired) electrons. The van der Waals surface area contributed by atoms with Gasteiger partial charge >= 0.3 is 23.9 Å². The van der Waals surface area contributed by atoms with E-state index in [0.29, 0.717) is 34.1 Å². The van der Waals surface area contributed by atoms with E-state index in [1.54, 1.807) is 69.5 Å². The van der Waals surface area contributed by atoms with Crippen molar-refractivity contribution >= 4 is 23.9 Å². The van der Waals surface area contributed by atoms with Gasteiger partial charge in [0.05, 0.1) is 24.0 Å². The highest BCUT2D eigenvalue weighted by atomic mass is 16.7. The van der Waals surface area contributed by atoms with Crippen molar-refractivity contribution < 1.29 is 47.6 Å². The van der Waals surface area contributed by atoms with Crippen LogP contribution in [0.3, 0.4) is 0 Å². The van der Waals surface area contributed by atoms with E-state index in [0.717, 1.165) is 55.3 Å². The number of rotatable bonds is 17. The van der Waals surface area contributed by atoms with E-state index in [1.165, 1.54) is 37.7 Å². The predicted octanol–water partition coefficient (Wildman–Crippen LogP) is 11.2. The summed E-state index contributed by atoms with van der Waals surface area (Å²) in [6, 6.07) is 13.0. The molecule has 2 aromatic carbocycles. The Morgan fingerprint density at radius 1 is 0.806 bits per heavy atom. The van der Waals surface area contributed by atoms with Gasteiger partial charge in [-0.05, 0) is 172 Å². The quantitative estimate of drug-likeness (QED) is 0.0499. The van der Waals surface area contributed by atoms with Gasteiger partial charge in [-0.1, -0.05) is 60.1 Å². The number of carbonyl (C=O) groups is 4. The number of esters is 4. The van der Waals surface area contributed by atoms with Crippen LogP contribution in [0.2, 0.25) is 0 Å². The average Bonchev–Trinajstić information content (AvgIpc) is 3.59. The fourth-order valence-electron chi connectivity index (χ4n) is 12.1. The van der Waals surface area contributed by atoms with Gasteiger partial charge in [-0.25, -0.2) is 9.59 Å². The van der Waals surface area contributed by atoms with Gasteiger partial charge < -0.3 is 28.4 Å². The highest BCUT2D eigenvalue weighted by Crippen LogP contribution is 2.67. The molecule has 0 aliphatic heterocycles. The van der Waals surface area contributed by atoms with Crippen molar-refractivity contribution in [2.45, 2.75) is 133 Å². The van der Waals surface area contributed by atoms with Gasteiger partial charge in [-0.2, -0.15) is 0 Å². The third-order valence-electron chi connectivity index (χ3n) is 15.5. The molecule has 0 saturated heterocycles. The first-order chi connectivity index (χ1) is 29.3. The molecule has 2 aromatic rings. The molecule has 3 saturated carbocycles. The molecule has 62 heavy (non-hydrogen) atoms. The molecule has 10 nitrogen and oxygen atoms in total. The normalized spacial score (nSPS) is 27.7. The molecule has 4 aliphatic carbocycles. The second kappa shape index (κ2) is 19.6. The summed E-state index contributed by atoms with van der Waals surface area (Å²) in [6.45, 7) is 18.7. The molecular weight excluding hydrogens is 785 g/mol. The van der Waals surface area contributed by atoms with E-state index in [-0.39, 0.29) is 30.7 Å². The molecular formula is C52H72O10. The fourth-order valence-corrected chi connectivity index (χ4v) is 12.1. The Hall–Kier alpha value is -4.34. The van der Waals surface area contributed by atoms with Gasteiger partial charge in [-0.15, -0.1) is 0 Å². The molecule has 0 spiro atoms. The number of allylic oxidation sites excluding steroid dienone is 1. The maximum Gasteiger partial charge on any atom is 0.344 e. The smallest absolute Gasteiger partial charge is 0.344 e. The number of ether oxygens (including phenoxy) is 6. The molecule has 4 aliphatic rings. The van der Waals surface area contributed by atoms with Crippen LogP contribution in [0.15, 0.2) is 60.2 Å². The van der Waals surface area contributed by atoms with Crippen molar-refractivity contribution in [2.75, 3.05) is 20.5 Å². The Kier molecular flexibility index (Phi) is 14.9. The van der Waals surface area contributed by atoms with E-state index >= 15 is 0 Å².